The van der Waals surface area contributed by atoms with Crippen LogP contribution in [-0.4, -0.2) is 16.7 Å². The molecular weight excluding hydrogens is 166 g/mol. The maximum atomic E-state index is 5.16. The van der Waals surface area contributed by atoms with Gasteiger partial charge in [-0.3, -0.25) is 0 Å². The van der Waals surface area contributed by atoms with E-state index in [1.807, 2.05) is 6.92 Å². The van der Waals surface area contributed by atoms with Crippen molar-refractivity contribution in [2.24, 2.45) is 0 Å². The Kier molecular flexibility index (Phi) is 2.31. The van der Waals surface area contributed by atoms with Crippen LogP contribution in [0.15, 0.2) is 4.52 Å². The molecule has 0 aliphatic heterocycles. The van der Waals surface area contributed by atoms with Gasteiger partial charge in [-0.2, -0.15) is 4.98 Å². The van der Waals surface area contributed by atoms with E-state index in [1.54, 1.807) is 0 Å². The van der Waals surface area contributed by atoms with Crippen LogP contribution in [0, 0.1) is 0 Å². The van der Waals surface area contributed by atoms with Gasteiger partial charge in [-0.1, -0.05) is 12.1 Å². The molecule has 1 N–H and O–H groups in total. The predicted molar refractivity (Wildman–Crippen MR) is 48.4 cm³/mol. The summed E-state index contributed by atoms with van der Waals surface area (Å²) >= 11 is 0. The Bertz CT molecular complexity index is 280. The van der Waals surface area contributed by atoms with Gasteiger partial charge in [0.1, 0.15) is 0 Å². The minimum absolute atomic E-state index is 0.171. The van der Waals surface area contributed by atoms with E-state index < -0.39 is 0 Å². The monoisotopic (exact) mass is 181 g/mol. The van der Waals surface area contributed by atoms with E-state index in [-0.39, 0.29) is 6.04 Å². The molecule has 4 heteroatoms. The minimum Gasteiger partial charge on any atom is -0.338 e. The molecule has 1 aromatic heterocycles. The Morgan fingerprint density at radius 3 is 3.00 bits per heavy atom. The van der Waals surface area contributed by atoms with E-state index >= 15 is 0 Å². The van der Waals surface area contributed by atoms with Crippen LogP contribution in [0.5, 0.6) is 0 Å². The quantitative estimate of drug-likeness (QED) is 0.766. The highest BCUT2D eigenvalue weighted by molar-refractivity contribution is 5.04. The van der Waals surface area contributed by atoms with Gasteiger partial charge in [0.25, 0.3) is 0 Å². The van der Waals surface area contributed by atoms with Gasteiger partial charge >= 0.3 is 0 Å². The normalized spacial score (nSPS) is 18.9. The SMILES string of the molecule is CCNC(C)c1nc(C2CC2)no1. The zero-order chi connectivity index (χ0) is 9.26. The zero-order valence-electron chi connectivity index (χ0n) is 8.08. The summed E-state index contributed by atoms with van der Waals surface area (Å²) in [6, 6.07) is 0.171. The Morgan fingerprint density at radius 2 is 2.38 bits per heavy atom. The molecule has 0 spiro atoms. The first kappa shape index (κ1) is 8.69. The second-order valence-corrected chi connectivity index (χ2v) is 3.54. The highest BCUT2D eigenvalue weighted by Gasteiger charge is 2.29. The lowest BCUT2D eigenvalue weighted by Crippen LogP contribution is -2.17. The molecule has 1 saturated carbocycles. The molecular formula is C9H15N3O. The third-order valence-electron chi connectivity index (χ3n) is 2.28. The van der Waals surface area contributed by atoms with Gasteiger partial charge in [-0.15, -0.1) is 0 Å². The van der Waals surface area contributed by atoms with Gasteiger partial charge in [0, 0.05) is 5.92 Å². The summed E-state index contributed by atoms with van der Waals surface area (Å²) in [5, 5.41) is 7.19. The molecule has 0 amide bonds. The second kappa shape index (κ2) is 3.46. The maximum Gasteiger partial charge on any atom is 0.243 e. The Morgan fingerprint density at radius 1 is 1.62 bits per heavy atom. The average molecular weight is 181 g/mol. The fourth-order valence-corrected chi connectivity index (χ4v) is 1.32. The van der Waals surface area contributed by atoms with Crippen LogP contribution in [0.3, 0.4) is 0 Å². The van der Waals surface area contributed by atoms with Crippen molar-refractivity contribution in [3.05, 3.63) is 11.7 Å². The first-order chi connectivity index (χ1) is 6.31. The first-order valence-corrected chi connectivity index (χ1v) is 4.88. The summed E-state index contributed by atoms with van der Waals surface area (Å²) in [7, 11) is 0. The highest BCUT2D eigenvalue weighted by Crippen LogP contribution is 2.38. The van der Waals surface area contributed by atoms with Crippen LogP contribution in [0.2, 0.25) is 0 Å². The lowest BCUT2D eigenvalue weighted by molar-refractivity contribution is 0.338. The van der Waals surface area contributed by atoms with Gasteiger partial charge in [-0.25, -0.2) is 0 Å². The fraction of sp³-hybridized carbons (Fsp3) is 0.778. The van der Waals surface area contributed by atoms with Gasteiger partial charge in [0.2, 0.25) is 5.89 Å². The number of rotatable bonds is 4. The Balaban J connectivity index is 2.03. The van der Waals surface area contributed by atoms with E-state index in [9.17, 15) is 0 Å². The van der Waals surface area contributed by atoms with Crippen molar-refractivity contribution in [1.29, 1.82) is 0 Å². The molecule has 1 unspecified atom stereocenters. The second-order valence-electron chi connectivity index (χ2n) is 3.54. The van der Waals surface area contributed by atoms with E-state index in [0.717, 1.165) is 12.4 Å². The third kappa shape index (κ3) is 1.88. The van der Waals surface area contributed by atoms with Crippen LogP contribution < -0.4 is 5.32 Å². The summed E-state index contributed by atoms with van der Waals surface area (Å²) in [5.74, 6) is 2.18. The Hall–Kier alpha value is -0.900. The van der Waals surface area contributed by atoms with Crippen molar-refractivity contribution in [2.75, 3.05) is 6.54 Å². The van der Waals surface area contributed by atoms with Crippen molar-refractivity contribution in [2.45, 2.75) is 38.6 Å². The molecule has 1 aromatic rings. The molecule has 2 rings (SSSR count). The molecule has 0 aromatic carbocycles. The maximum absolute atomic E-state index is 5.16. The molecule has 1 heterocycles. The Labute approximate surface area is 77.7 Å². The lowest BCUT2D eigenvalue weighted by Gasteiger charge is -2.04. The standard InChI is InChI=1S/C9H15N3O/c1-3-10-6(2)9-11-8(12-13-9)7-4-5-7/h6-7,10H,3-5H2,1-2H3. The molecule has 4 nitrogen and oxygen atoms in total. The number of aromatic nitrogens is 2. The van der Waals surface area contributed by atoms with Gasteiger partial charge in [0.05, 0.1) is 6.04 Å². The van der Waals surface area contributed by atoms with Gasteiger partial charge in [-0.05, 0) is 26.3 Å². The molecule has 1 atom stereocenters. The summed E-state index contributed by atoms with van der Waals surface area (Å²) in [5.41, 5.74) is 0. The molecule has 0 radical (unpaired) electrons. The van der Waals surface area contributed by atoms with Crippen LogP contribution in [0.4, 0.5) is 0 Å². The van der Waals surface area contributed by atoms with Crippen molar-refractivity contribution in [3.63, 3.8) is 0 Å². The molecule has 0 saturated heterocycles. The molecule has 72 valence electrons. The number of nitrogens with one attached hydrogen (secondary N) is 1. The van der Waals surface area contributed by atoms with Crippen LogP contribution >= 0.6 is 0 Å². The van der Waals surface area contributed by atoms with Gasteiger partial charge < -0.3 is 9.84 Å². The first-order valence-electron chi connectivity index (χ1n) is 4.88. The van der Waals surface area contributed by atoms with Crippen molar-refractivity contribution >= 4 is 0 Å². The van der Waals surface area contributed by atoms with E-state index in [1.165, 1.54) is 12.8 Å². The summed E-state index contributed by atoms with van der Waals surface area (Å²) in [6.07, 6.45) is 2.43. The predicted octanol–water partition coefficient (Wildman–Crippen LogP) is 1.62. The summed E-state index contributed by atoms with van der Waals surface area (Å²) in [6.45, 7) is 5.02. The summed E-state index contributed by atoms with van der Waals surface area (Å²) in [4.78, 5) is 4.35. The van der Waals surface area contributed by atoms with Crippen LogP contribution in [0.1, 0.15) is 50.4 Å². The third-order valence-corrected chi connectivity index (χ3v) is 2.28. The largest absolute Gasteiger partial charge is 0.338 e. The fourth-order valence-electron chi connectivity index (χ4n) is 1.32. The average Bonchev–Trinajstić information content (AvgIpc) is 2.84. The smallest absolute Gasteiger partial charge is 0.243 e. The molecule has 1 aliphatic rings. The number of hydrogen-bond donors (Lipinski definition) is 1. The molecule has 1 fully saturated rings. The lowest BCUT2D eigenvalue weighted by atomic mass is 10.3. The highest BCUT2D eigenvalue weighted by atomic mass is 16.5. The van der Waals surface area contributed by atoms with E-state index in [0.29, 0.717) is 11.8 Å². The molecule has 1 aliphatic carbocycles. The molecule has 0 bridgehead atoms. The van der Waals surface area contributed by atoms with Gasteiger partial charge in [0.15, 0.2) is 5.82 Å². The van der Waals surface area contributed by atoms with E-state index in [4.69, 9.17) is 4.52 Å². The van der Waals surface area contributed by atoms with Crippen molar-refractivity contribution in [3.8, 4) is 0 Å². The topological polar surface area (TPSA) is 51.0 Å². The van der Waals surface area contributed by atoms with Crippen LogP contribution in [0.25, 0.3) is 0 Å². The van der Waals surface area contributed by atoms with E-state index in [2.05, 4.69) is 22.4 Å². The molecule has 13 heavy (non-hydrogen) atoms. The summed E-state index contributed by atoms with van der Waals surface area (Å²) < 4.78 is 5.16. The van der Waals surface area contributed by atoms with Crippen LogP contribution in [-0.2, 0) is 0 Å². The zero-order valence-corrected chi connectivity index (χ0v) is 8.08. The number of hydrogen-bond acceptors (Lipinski definition) is 4. The van der Waals surface area contributed by atoms with Crippen molar-refractivity contribution in [1.82, 2.24) is 15.5 Å². The van der Waals surface area contributed by atoms with Crippen molar-refractivity contribution < 1.29 is 4.52 Å². The number of nitrogens with zero attached hydrogens (tertiary/aromatic N) is 2. The minimum atomic E-state index is 0.171.